The van der Waals surface area contributed by atoms with Gasteiger partial charge in [-0.25, -0.2) is 0 Å². The fourth-order valence-corrected chi connectivity index (χ4v) is 10.9. The summed E-state index contributed by atoms with van der Waals surface area (Å²) in [4.78, 5) is 5.16. The predicted molar refractivity (Wildman–Crippen MR) is 257 cm³/mol. The third-order valence-corrected chi connectivity index (χ3v) is 14.0. The third kappa shape index (κ3) is 5.99. The number of furan rings is 1. The fourth-order valence-electron chi connectivity index (χ4n) is 9.55. The van der Waals surface area contributed by atoms with Gasteiger partial charge in [-0.3, -0.25) is 0 Å². The van der Waals surface area contributed by atoms with Gasteiger partial charge in [-0.05, 0) is 136 Å². The Morgan fingerprint density at radius 3 is 1.81 bits per heavy atom. The molecule has 0 bridgehead atoms. The largest absolute Gasteiger partial charge is 0.456 e. The van der Waals surface area contributed by atoms with E-state index in [1.165, 1.54) is 87.7 Å². The number of anilines is 6. The lowest BCUT2D eigenvalue weighted by molar-refractivity contribution is 0.590. The average molecular weight is 789 g/mol. The normalized spacial score (nSPS) is 13.9. The molecule has 6 aromatic carbocycles. The number of para-hydroxylation sites is 1. The van der Waals surface area contributed by atoms with Gasteiger partial charge in [0, 0.05) is 48.6 Å². The van der Waals surface area contributed by atoms with E-state index in [9.17, 15) is 0 Å². The quantitative estimate of drug-likeness (QED) is 0.166. The molecule has 0 atom stereocenters. The minimum atomic E-state index is -0.00483. The van der Waals surface area contributed by atoms with E-state index in [4.69, 9.17) is 4.42 Å². The predicted octanol–water partition coefficient (Wildman–Crippen LogP) is 13.9. The van der Waals surface area contributed by atoms with Crippen LogP contribution < -0.4 is 25.5 Å². The van der Waals surface area contributed by atoms with E-state index in [1.807, 2.05) is 17.4 Å². The highest BCUT2D eigenvalue weighted by Gasteiger charge is 2.46. The number of nitrogens with zero attached hydrogens (tertiary/aromatic N) is 2. The van der Waals surface area contributed by atoms with Crippen LogP contribution in [-0.2, 0) is 16.2 Å². The van der Waals surface area contributed by atoms with Gasteiger partial charge in [0.1, 0.15) is 11.3 Å². The van der Waals surface area contributed by atoms with Gasteiger partial charge < -0.3 is 14.2 Å². The SMILES string of the molecule is Cc1cc(-c2cc3ccccc3o2)cc(C)c1N1c2cccc3c2B(c2cc(C(C)(C)C)ccc2N3c2ccc(C(C)(C)C)cc2)c2sc3ccc(C(C)(C)C)cc3c21. The first kappa shape index (κ1) is 37.7. The van der Waals surface area contributed by atoms with Crippen LogP contribution in [0.3, 0.4) is 0 Å². The molecule has 5 heteroatoms. The van der Waals surface area contributed by atoms with Crippen molar-refractivity contribution in [3.8, 4) is 11.3 Å². The number of aryl methyl sites for hydroxylation is 2. The number of rotatable bonds is 3. The maximum atomic E-state index is 6.43. The van der Waals surface area contributed by atoms with Crippen molar-refractivity contribution < 1.29 is 4.42 Å². The van der Waals surface area contributed by atoms with Gasteiger partial charge in [0.25, 0.3) is 6.71 Å². The molecular formula is C54H53BN2OS. The smallest absolute Gasteiger partial charge is 0.264 e. The monoisotopic (exact) mass is 788 g/mol. The van der Waals surface area contributed by atoms with Crippen molar-refractivity contribution in [1.29, 1.82) is 0 Å². The first-order chi connectivity index (χ1) is 28.0. The van der Waals surface area contributed by atoms with Gasteiger partial charge in [-0.1, -0.05) is 117 Å². The van der Waals surface area contributed by atoms with E-state index < -0.39 is 0 Å². The van der Waals surface area contributed by atoms with Crippen LogP contribution in [0.25, 0.3) is 32.4 Å². The molecule has 4 heterocycles. The summed E-state index contributed by atoms with van der Waals surface area (Å²) < 4.78 is 9.16. The lowest BCUT2D eigenvalue weighted by Crippen LogP contribution is -2.60. The molecule has 0 spiro atoms. The molecule has 0 saturated heterocycles. The third-order valence-electron chi connectivity index (χ3n) is 12.7. The van der Waals surface area contributed by atoms with E-state index in [2.05, 4.69) is 201 Å². The zero-order chi connectivity index (χ0) is 41.3. The highest BCUT2D eigenvalue weighted by atomic mass is 32.1. The second kappa shape index (κ2) is 13.0. The van der Waals surface area contributed by atoms with Crippen LogP contribution in [0.4, 0.5) is 34.1 Å². The molecule has 10 rings (SSSR count). The van der Waals surface area contributed by atoms with Gasteiger partial charge in [-0.15, -0.1) is 11.3 Å². The Morgan fingerprint density at radius 1 is 0.542 bits per heavy atom. The van der Waals surface area contributed by atoms with Crippen LogP contribution in [0.1, 0.15) is 90.1 Å². The Morgan fingerprint density at radius 2 is 1.15 bits per heavy atom. The molecule has 2 aromatic heterocycles. The summed E-state index contributed by atoms with van der Waals surface area (Å²) in [5.41, 5.74) is 18.8. The molecule has 0 amide bonds. The number of hydrogen-bond donors (Lipinski definition) is 0. The lowest BCUT2D eigenvalue weighted by atomic mass is 9.36. The van der Waals surface area contributed by atoms with Gasteiger partial charge in [0.05, 0.1) is 11.4 Å². The topological polar surface area (TPSA) is 19.6 Å². The van der Waals surface area contributed by atoms with Crippen LogP contribution >= 0.6 is 11.3 Å². The molecule has 0 N–H and O–H groups in total. The van der Waals surface area contributed by atoms with Crippen molar-refractivity contribution >= 4 is 88.9 Å². The summed E-state index contributed by atoms with van der Waals surface area (Å²) in [5.74, 6) is 0.899. The summed E-state index contributed by atoms with van der Waals surface area (Å²) >= 11 is 1.97. The molecule has 0 aliphatic carbocycles. The molecule has 59 heavy (non-hydrogen) atoms. The Kier molecular flexibility index (Phi) is 8.31. The number of fused-ring (bicyclic) bond motifs is 7. The van der Waals surface area contributed by atoms with Gasteiger partial charge >= 0.3 is 0 Å². The molecule has 3 nitrogen and oxygen atoms in total. The number of hydrogen-bond acceptors (Lipinski definition) is 4. The molecule has 0 radical (unpaired) electrons. The molecule has 2 aliphatic heterocycles. The van der Waals surface area contributed by atoms with E-state index in [-0.39, 0.29) is 23.0 Å². The molecule has 8 aromatic rings. The molecule has 294 valence electrons. The minimum absolute atomic E-state index is 0.00483. The Balaban J connectivity index is 1.27. The maximum Gasteiger partial charge on any atom is 0.264 e. The Hall–Kier alpha value is -5.52. The lowest BCUT2D eigenvalue weighted by Gasteiger charge is -2.44. The maximum absolute atomic E-state index is 6.43. The van der Waals surface area contributed by atoms with Crippen LogP contribution in [0.15, 0.2) is 126 Å². The second-order valence-electron chi connectivity index (χ2n) is 20.0. The minimum Gasteiger partial charge on any atom is -0.456 e. The van der Waals surface area contributed by atoms with Crippen LogP contribution in [-0.4, -0.2) is 6.71 Å². The van der Waals surface area contributed by atoms with Gasteiger partial charge in [-0.2, -0.15) is 0 Å². The van der Waals surface area contributed by atoms with Crippen molar-refractivity contribution in [2.24, 2.45) is 0 Å². The van der Waals surface area contributed by atoms with Crippen molar-refractivity contribution in [2.45, 2.75) is 92.4 Å². The summed E-state index contributed by atoms with van der Waals surface area (Å²) in [6.45, 7) is 25.5. The first-order valence-electron chi connectivity index (χ1n) is 21.1. The van der Waals surface area contributed by atoms with Gasteiger partial charge in [0.15, 0.2) is 0 Å². The highest BCUT2D eigenvalue weighted by Crippen LogP contribution is 2.50. The highest BCUT2D eigenvalue weighted by molar-refractivity contribution is 7.33. The summed E-state index contributed by atoms with van der Waals surface area (Å²) in [6.07, 6.45) is 0. The number of benzene rings is 6. The first-order valence-corrected chi connectivity index (χ1v) is 21.9. The molecule has 0 saturated carbocycles. The van der Waals surface area contributed by atoms with Crippen LogP contribution in [0, 0.1) is 13.8 Å². The van der Waals surface area contributed by atoms with E-state index in [0.29, 0.717) is 0 Å². The van der Waals surface area contributed by atoms with E-state index >= 15 is 0 Å². The fraction of sp³-hybridized carbons (Fsp3) is 0.259. The standard InChI is InChI=1S/C54H53BN2OS/c1-32-27-35(46-29-34-15-12-13-18-45(34)58-46)28-33(2)49(32)57-44-17-14-16-43-48(44)55(51-50(57)40-30-37(53(6,7)8)22-26-47(40)59-51)41-31-38(54(9,10)11)21-25-42(41)56(43)39-23-19-36(20-24-39)52(3,4)5/h12-31H,1-11H3. The van der Waals surface area contributed by atoms with Crippen molar-refractivity contribution in [1.82, 2.24) is 0 Å². The summed E-state index contributed by atoms with van der Waals surface area (Å²) in [7, 11) is 0. The average Bonchev–Trinajstić information content (AvgIpc) is 3.79. The Labute approximate surface area is 354 Å². The van der Waals surface area contributed by atoms with Gasteiger partial charge in [0.2, 0.25) is 0 Å². The molecule has 0 fully saturated rings. The van der Waals surface area contributed by atoms with Crippen LogP contribution in [0.5, 0.6) is 0 Å². The van der Waals surface area contributed by atoms with Crippen molar-refractivity contribution in [3.63, 3.8) is 0 Å². The molecule has 2 aliphatic rings. The van der Waals surface area contributed by atoms with E-state index in [1.54, 1.807) is 0 Å². The number of thiophene rings is 1. The summed E-state index contributed by atoms with van der Waals surface area (Å²) in [6, 6.07) is 45.9. The van der Waals surface area contributed by atoms with E-state index in [0.717, 1.165) is 22.3 Å². The van der Waals surface area contributed by atoms with Crippen molar-refractivity contribution in [2.75, 3.05) is 9.80 Å². The zero-order valence-electron chi connectivity index (χ0n) is 36.3. The van der Waals surface area contributed by atoms with Crippen molar-refractivity contribution in [3.05, 3.63) is 149 Å². The second-order valence-corrected chi connectivity index (χ2v) is 21.1. The molecular weight excluding hydrogens is 735 g/mol. The Bertz CT molecular complexity index is 2930. The zero-order valence-corrected chi connectivity index (χ0v) is 37.2. The van der Waals surface area contributed by atoms with Crippen LogP contribution in [0.2, 0.25) is 0 Å². The molecule has 0 unspecified atom stereocenters. The summed E-state index contributed by atoms with van der Waals surface area (Å²) in [5, 5.41) is 2.44.